The molecule has 0 amide bonds. The third kappa shape index (κ3) is 2.43. The Balaban J connectivity index is 2.07. The molecule has 0 saturated heterocycles. The first-order chi connectivity index (χ1) is 7.72. The summed E-state index contributed by atoms with van der Waals surface area (Å²) in [6.07, 6.45) is 3.69. The molecule has 2 rings (SSSR count). The Morgan fingerprint density at radius 3 is 2.88 bits per heavy atom. The van der Waals surface area contributed by atoms with Crippen molar-refractivity contribution >= 4 is 5.97 Å². The summed E-state index contributed by atoms with van der Waals surface area (Å²) in [5.74, 6) is -0.0763. The summed E-state index contributed by atoms with van der Waals surface area (Å²) >= 11 is 0. The van der Waals surface area contributed by atoms with Crippen molar-refractivity contribution in [1.82, 2.24) is 4.90 Å². The van der Waals surface area contributed by atoms with Crippen LogP contribution in [-0.2, 0) is 11.3 Å². The number of rotatable bonds is 6. The number of hydrogen-bond donors (Lipinski definition) is 2. The van der Waals surface area contributed by atoms with Gasteiger partial charge in [-0.25, -0.2) is 0 Å². The Labute approximate surface area is 93.8 Å². The summed E-state index contributed by atoms with van der Waals surface area (Å²) in [5, 5.41) is 9.10. The van der Waals surface area contributed by atoms with Crippen LogP contribution >= 0.6 is 0 Å². The molecule has 5 heteroatoms. The highest BCUT2D eigenvalue weighted by Gasteiger charge is 2.36. The van der Waals surface area contributed by atoms with Gasteiger partial charge in [-0.05, 0) is 25.0 Å². The van der Waals surface area contributed by atoms with Gasteiger partial charge in [-0.15, -0.1) is 0 Å². The largest absolute Gasteiger partial charge is 0.480 e. The van der Waals surface area contributed by atoms with E-state index in [2.05, 4.69) is 0 Å². The number of carboxylic acids is 1. The van der Waals surface area contributed by atoms with Crippen LogP contribution in [0.1, 0.15) is 18.6 Å². The van der Waals surface area contributed by atoms with Crippen LogP contribution in [0.3, 0.4) is 0 Å². The molecule has 1 fully saturated rings. The van der Waals surface area contributed by atoms with Crippen molar-refractivity contribution in [3.8, 4) is 0 Å². The second-order valence-electron chi connectivity index (χ2n) is 4.07. The van der Waals surface area contributed by atoms with E-state index in [9.17, 15) is 4.79 Å². The molecule has 1 aliphatic carbocycles. The standard InChI is InChI=1S/C11H16N2O3/c12-6-10(11(14)15)13(8-3-4-8)7-9-2-1-5-16-9/h1-2,5,8,10H,3-4,6-7,12H2,(H,14,15). The van der Waals surface area contributed by atoms with Gasteiger partial charge in [0.2, 0.25) is 0 Å². The lowest BCUT2D eigenvalue weighted by Gasteiger charge is -2.26. The van der Waals surface area contributed by atoms with E-state index in [1.165, 1.54) is 0 Å². The number of aliphatic carboxylic acids is 1. The normalized spacial score (nSPS) is 17.6. The first-order valence-electron chi connectivity index (χ1n) is 5.43. The van der Waals surface area contributed by atoms with Gasteiger partial charge in [0, 0.05) is 12.6 Å². The fraction of sp³-hybridized carbons (Fsp3) is 0.545. The summed E-state index contributed by atoms with van der Waals surface area (Å²) in [6.45, 7) is 0.651. The quantitative estimate of drug-likeness (QED) is 0.741. The van der Waals surface area contributed by atoms with E-state index in [0.29, 0.717) is 12.6 Å². The number of nitrogens with two attached hydrogens (primary N) is 1. The minimum atomic E-state index is -0.860. The summed E-state index contributed by atoms with van der Waals surface area (Å²) in [7, 11) is 0. The van der Waals surface area contributed by atoms with Crippen LogP contribution in [0.2, 0.25) is 0 Å². The lowest BCUT2D eigenvalue weighted by molar-refractivity contribution is -0.143. The monoisotopic (exact) mass is 224 g/mol. The van der Waals surface area contributed by atoms with E-state index in [4.69, 9.17) is 15.3 Å². The molecule has 1 saturated carbocycles. The Morgan fingerprint density at radius 1 is 1.69 bits per heavy atom. The topological polar surface area (TPSA) is 79.7 Å². The Kier molecular flexibility index (Phi) is 3.26. The molecule has 5 nitrogen and oxygen atoms in total. The van der Waals surface area contributed by atoms with E-state index >= 15 is 0 Å². The summed E-state index contributed by atoms with van der Waals surface area (Å²) in [4.78, 5) is 13.0. The molecule has 0 radical (unpaired) electrons. The summed E-state index contributed by atoms with van der Waals surface area (Å²) in [6, 6.07) is 3.39. The number of nitrogens with zero attached hydrogens (tertiary/aromatic N) is 1. The van der Waals surface area contributed by atoms with Crippen LogP contribution in [-0.4, -0.2) is 34.6 Å². The van der Waals surface area contributed by atoms with Gasteiger partial charge in [-0.1, -0.05) is 0 Å². The first-order valence-corrected chi connectivity index (χ1v) is 5.43. The zero-order valence-corrected chi connectivity index (χ0v) is 9.00. The number of hydrogen-bond acceptors (Lipinski definition) is 4. The van der Waals surface area contributed by atoms with Gasteiger partial charge < -0.3 is 15.3 Å². The highest BCUT2D eigenvalue weighted by molar-refractivity contribution is 5.73. The average Bonchev–Trinajstić information content (AvgIpc) is 2.96. The third-order valence-electron chi connectivity index (χ3n) is 2.84. The maximum absolute atomic E-state index is 11.1. The molecule has 0 spiro atoms. The molecule has 1 atom stereocenters. The number of carbonyl (C=O) groups is 1. The van der Waals surface area contributed by atoms with Crippen molar-refractivity contribution < 1.29 is 14.3 Å². The van der Waals surface area contributed by atoms with Crippen LogP contribution in [0.5, 0.6) is 0 Å². The second kappa shape index (κ2) is 4.67. The van der Waals surface area contributed by atoms with Crippen LogP contribution in [0, 0.1) is 0 Å². The lowest BCUT2D eigenvalue weighted by atomic mass is 10.2. The van der Waals surface area contributed by atoms with Gasteiger partial charge in [0.1, 0.15) is 11.8 Å². The Hall–Kier alpha value is -1.33. The molecule has 0 aromatic carbocycles. The third-order valence-corrected chi connectivity index (χ3v) is 2.84. The summed E-state index contributed by atoms with van der Waals surface area (Å²) < 4.78 is 5.24. The highest BCUT2D eigenvalue weighted by Crippen LogP contribution is 2.30. The predicted octanol–water partition coefficient (Wildman–Crippen LogP) is 0.656. The molecule has 16 heavy (non-hydrogen) atoms. The van der Waals surface area contributed by atoms with E-state index in [-0.39, 0.29) is 6.54 Å². The van der Waals surface area contributed by atoms with Crippen molar-refractivity contribution in [3.63, 3.8) is 0 Å². The minimum absolute atomic E-state index is 0.131. The van der Waals surface area contributed by atoms with Crippen molar-refractivity contribution in [1.29, 1.82) is 0 Å². The fourth-order valence-electron chi connectivity index (χ4n) is 1.86. The zero-order valence-electron chi connectivity index (χ0n) is 9.00. The van der Waals surface area contributed by atoms with Crippen molar-refractivity contribution in [2.45, 2.75) is 31.5 Å². The molecule has 0 bridgehead atoms. The molecule has 1 aliphatic rings. The predicted molar refractivity (Wildman–Crippen MR) is 57.8 cm³/mol. The van der Waals surface area contributed by atoms with Crippen LogP contribution < -0.4 is 5.73 Å². The van der Waals surface area contributed by atoms with Gasteiger partial charge in [-0.2, -0.15) is 0 Å². The molecular weight excluding hydrogens is 208 g/mol. The van der Waals surface area contributed by atoms with E-state index in [0.717, 1.165) is 18.6 Å². The smallest absolute Gasteiger partial charge is 0.322 e. The maximum Gasteiger partial charge on any atom is 0.322 e. The molecular formula is C11H16N2O3. The number of furan rings is 1. The Morgan fingerprint density at radius 2 is 2.44 bits per heavy atom. The average molecular weight is 224 g/mol. The highest BCUT2D eigenvalue weighted by atomic mass is 16.4. The molecule has 0 aliphatic heterocycles. The molecule has 1 aromatic heterocycles. The molecule has 3 N–H and O–H groups in total. The number of carboxylic acid groups (broad SMARTS) is 1. The van der Waals surface area contributed by atoms with E-state index < -0.39 is 12.0 Å². The van der Waals surface area contributed by atoms with E-state index in [1.54, 1.807) is 12.3 Å². The summed E-state index contributed by atoms with van der Waals surface area (Å²) in [5.41, 5.74) is 5.52. The van der Waals surface area contributed by atoms with Crippen molar-refractivity contribution in [2.24, 2.45) is 5.73 Å². The second-order valence-corrected chi connectivity index (χ2v) is 4.07. The lowest BCUT2D eigenvalue weighted by Crippen LogP contribution is -2.46. The first kappa shape index (κ1) is 11.2. The SMILES string of the molecule is NCC(C(=O)O)N(Cc1ccco1)C1CC1. The molecule has 1 heterocycles. The van der Waals surface area contributed by atoms with Gasteiger partial charge in [-0.3, -0.25) is 9.69 Å². The van der Waals surface area contributed by atoms with Crippen molar-refractivity contribution in [3.05, 3.63) is 24.2 Å². The van der Waals surface area contributed by atoms with Crippen LogP contribution in [0.15, 0.2) is 22.8 Å². The van der Waals surface area contributed by atoms with Crippen LogP contribution in [0.4, 0.5) is 0 Å². The zero-order chi connectivity index (χ0) is 11.5. The maximum atomic E-state index is 11.1. The van der Waals surface area contributed by atoms with Gasteiger partial charge >= 0.3 is 5.97 Å². The molecule has 1 unspecified atom stereocenters. The fourth-order valence-corrected chi connectivity index (χ4v) is 1.86. The molecule has 1 aromatic rings. The molecule has 88 valence electrons. The van der Waals surface area contributed by atoms with Gasteiger partial charge in [0.05, 0.1) is 12.8 Å². The Bertz CT molecular complexity index is 346. The van der Waals surface area contributed by atoms with Crippen molar-refractivity contribution in [2.75, 3.05) is 6.54 Å². The van der Waals surface area contributed by atoms with E-state index in [1.807, 2.05) is 11.0 Å². The van der Waals surface area contributed by atoms with Gasteiger partial charge in [0.15, 0.2) is 0 Å². The minimum Gasteiger partial charge on any atom is -0.480 e. The van der Waals surface area contributed by atoms with Gasteiger partial charge in [0.25, 0.3) is 0 Å². The van der Waals surface area contributed by atoms with Crippen LogP contribution in [0.25, 0.3) is 0 Å².